The number of pyridine rings is 1. The van der Waals surface area contributed by atoms with Gasteiger partial charge in [-0.3, -0.25) is 9.59 Å². The Morgan fingerprint density at radius 2 is 1.79 bits per heavy atom. The minimum atomic E-state index is -0.128. The molecular formula is C22H29N3O3. The number of carbonyl (C=O) groups is 2. The Balaban J connectivity index is 1.80. The summed E-state index contributed by atoms with van der Waals surface area (Å²) in [5.41, 5.74) is 2.96. The van der Waals surface area contributed by atoms with Gasteiger partial charge in [-0.05, 0) is 63.4 Å². The van der Waals surface area contributed by atoms with Gasteiger partial charge in [0.1, 0.15) is 5.75 Å². The molecule has 1 aromatic carbocycles. The molecule has 0 saturated carbocycles. The van der Waals surface area contributed by atoms with Crippen LogP contribution < -0.4 is 10.1 Å². The van der Waals surface area contributed by atoms with Crippen molar-refractivity contribution in [1.82, 2.24) is 9.88 Å². The Morgan fingerprint density at radius 3 is 2.39 bits per heavy atom. The largest absolute Gasteiger partial charge is 0.439 e. The maximum atomic E-state index is 12.1. The second-order valence-electron chi connectivity index (χ2n) is 6.70. The molecule has 2 aromatic rings. The van der Waals surface area contributed by atoms with E-state index in [-0.39, 0.29) is 11.8 Å². The molecule has 0 saturated heterocycles. The highest BCUT2D eigenvalue weighted by Gasteiger charge is 2.11. The number of aryl methyl sites for hydroxylation is 2. The summed E-state index contributed by atoms with van der Waals surface area (Å²) in [7, 11) is 0. The number of hydrogen-bond donors (Lipinski definition) is 1. The number of carbonyl (C=O) groups excluding carboxylic acids is 2. The standard InChI is InChI=1S/C22H29N3O3/c1-5-25(6-2)22(27)9-7-8-20(26)24-18-11-13-21(23-15-18)28-19-12-10-16(3)17(4)14-19/h10-15H,5-9H2,1-4H3,(H,24,26). The van der Waals surface area contributed by atoms with Crippen LogP contribution in [0.5, 0.6) is 11.6 Å². The third-order valence-electron chi connectivity index (χ3n) is 4.63. The highest BCUT2D eigenvalue weighted by Crippen LogP contribution is 2.23. The highest BCUT2D eigenvalue weighted by molar-refractivity contribution is 5.90. The third kappa shape index (κ3) is 6.37. The Bertz CT molecular complexity index is 799. The summed E-state index contributed by atoms with van der Waals surface area (Å²) >= 11 is 0. The maximum Gasteiger partial charge on any atom is 0.224 e. The molecule has 0 atom stereocenters. The van der Waals surface area contributed by atoms with Gasteiger partial charge in [-0.25, -0.2) is 4.98 Å². The fraction of sp³-hybridized carbons (Fsp3) is 0.409. The highest BCUT2D eigenvalue weighted by atomic mass is 16.5. The topological polar surface area (TPSA) is 71.5 Å². The third-order valence-corrected chi connectivity index (χ3v) is 4.63. The monoisotopic (exact) mass is 383 g/mol. The molecule has 150 valence electrons. The van der Waals surface area contributed by atoms with Gasteiger partial charge in [-0.1, -0.05) is 6.07 Å². The van der Waals surface area contributed by atoms with Gasteiger partial charge in [0.15, 0.2) is 0 Å². The molecule has 0 bridgehead atoms. The van der Waals surface area contributed by atoms with Crippen molar-refractivity contribution in [2.45, 2.75) is 47.0 Å². The molecule has 0 fully saturated rings. The Hall–Kier alpha value is -2.89. The number of anilines is 1. The molecule has 6 nitrogen and oxygen atoms in total. The lowest BCUT2D eigenvalue weighted by Gasteiger charge is -2.18. The number of benzene rings is 1. The van der Waals surface area contributed by atoms with Crippen LogP contribution in [0.2, 0.25) is 0 Å². The van der Waals surface area contributed by atoms with Crippen LogP contribution in [0.15, 0.2) is 36.5 Å². The first-order valence-corrected chi connectivity index (χ1v) is 9.71. The summed E-state index contributed by atoms with van der Waals surface area (Å²) in [5.74, 6) is 1.15. The van der Waals surface area contributed by atoms with Crippen LogP contribution in [-0.2, 0) is 9.59 Å². The van der Waals surface area contributed by atoms with E-state index >= 15 is 0 Å². The minimum Gasteiger partial charge on any atom is -0.439 e. The molecule has 0 radical (unpaired) electrons. The molecule has 1 aromatic heterocycles. The number of nitrogens with zero attached hydrogens (tertiary/aromatic N) is 2. The van der Waals surface area contributed by atoms with Crippen molar-refractivity contribution in [1.29, 1.82) is 0 Å². The van der Waals surface area contributed by atoms with Gasteiger partial charge in [0.25, 0.3) is 0 Å². The number of aromatic nitrogens is 1. The number of rotatable bonds is 9. The lowest BCUT2D eigenvalue weighted by Crippen LogP contribution is -2.30. The van der Waals surface area contributed by atoms with E-state index in [1.165, 1.54) is 5.56 Å². The van der Waals surface area contributed by atoms with E-state index in [0.29, 0.717) is 43.9 Å². The van der Waals surface area contributed by atoms with E-state index in [9.17, 15) is 9.59 Å². The summed E-state index contributed by atoms with van der Waals surface area (Å²) in [5, 5.41) is 2.80. The van der Waals surface area contributed by atoms with E-state index < -0.39 is 0 Å². The van der Waals surface area contributed by atoms with E-state index in [0.717, 1.165) is 11.3 Å². The quantitative estimate of drug-likeness (QED) is 0.693. The number of nitrogens with one attached hydrogen (secondary N) is 1. The number of amides is 2. The molecule has 0 aliphatic heterocycles. The number of ether oxygens (including phenoxy) is 1. The molecule has 1 heterocycles. The van der Waals surface area contributed by atoms with Crippen molar-refractivity contribution in [3.8, 4) is 11.6 Å². The predicted octanol–water partition coefficient (Wildman–Crippen LogP) is 4.47. The van der Waals surface area contributed by atoms with Gasteiger partial charge in [0, 0.05) is 32.0 Å². The molecule has 2 rings (SSSR count). The van der Waals surface area contributed by atoms with Crippen LogP contribution >= 0.6 is 0 Å². The zero-order valence-corrected chi connectivity index (χ0v) is 17.1. The molecule has 0 aliphatic carbocycles. The Labute approximate surface area is 166 Å². The van der Waals surface area contributed by atoms with E-state index in [4.69, 9.17) is 4.74 Å². The van der Waals surface area contributed by atoms with Crippen LogP contribution in [-0.4, -0.2) is 34.8 Å². The van der Waals surface area contributed by atoms with Gasteiger partial charge in [-0.2, -0.15) is 0 Å². The lowest BCUT2D eigenvalue weighted by molar-refractivity contribution is -0.130. The van der Waals surface area contributed by atoms with Crippen molar-refractivity contribution in [3.63, 3.8) is 0 Å². The number of hydrogen-bond acceptors (Lipinski definition) is 4. The van der Waals surface area contributed by atoms with Crippen molar-refractivity contribution in [3.05, 3.63) is 47.7 Å². The summed E-state index contributed by atoms with van der Waals surface area (Å²) < 4.78 is 5.74. The van der Waals surface area contributed by atoms with E-state index in [2.05, 4.69) is 10.3 Å². The second-order valence-corrected chi connectivity index (χ2v) is 6.70. The fourth-order valence-electron chi connectivity index (χ4n) is 2.77. The smallest absolute Gasteiger partial charge is 0.224 e. The van der Waals surface area contributed by atoms with Gasteiger partial charge in [0.2, 0.25) is 17.7 Å². The molecule has 0 aliphatic rings. The molecule has 0 unspecified atom stereocenters. The predicted molar refractivity (Wildman–Crippen MR) is 111 cm³/mol. The maximum absolute atomic E-state index is 12.1. The van der Waals surface area contributed by atoms with Gasteiger partial charge in [-0.15, -0.1) is 0 Å². The van der Waals surface area contributed by atoms with E-state index in [1.807, 2.05) is 45.9 Å². The first-order valence-electron chi connectivity index (χ1n) is 9.71. The van der Waals surface area contributed by atoms with Crippen molar-refractivity contribution in [2.75, 3.05) is 18.4 Å². The molecule has 28 heavy (non-hydrogen) atoms. The Morgan fingerprint density at radius 1 is 1.04 bits per heavy atom. The van der Waals surface area contributed by atoms with Crippen LogP contribution in [0, 0.1) is 13.8 Å². The average Bonchev–Trinajstić information content (AvgIpc) is 2.67. The Kier molecular flexibility index (Phi) is 7.99. The molecule has 1 N–H and O–H groups in total. The normalized spacial score (nSPS) is 10.4. The van der Waals surface area contributed by atoms with Crippen LogP contribution in [0.25, 0.3) is 0 Å². The summed E-state index contributed by atoms with van der Waals surface area (Å²) in [6.45, 7) is 9.38. The molecule has 0 spiro atoms. The van der Waals surface area contributed by atoms with Crippen molar-refractivity contribution >= 4 is 17.5 Å². The summed E-state index contributed by atoms with van der Waals surface area (Å²) in [6.07, 6.45) is 2.78. The van der Waals surface area contributed by atoms with Gasteiger partial charge < -0.3 is 15.0 Å². The van der Waals surface area contributed by atoms with Crippen LogP contribution in [0.4, 0.5) is 5.69 Å². The first kappa shape index (κ1) is 21.4. The first-order chi connectivity index (χ1) is 13.4. The fourth-order valence-corrected chi connectivity index (χ4v) is 2.77. The van der Waals surface area contributed by atoms with Crippen molar-refractivity contribution < 1.29 is 14.3 Å². The van der Waals surface area contributed by atoms with E-state index in [1.54, 1.807) is 23.2 Å². The minimum absolute atomic E-state index is 0.0901. The SMILES string of the molecule is CCN(CC)C(=O)CCCC(=O)Nc1ccc(Oc2ccc(C)c(C)c2)nc1. The lowest BCUT2D eigenvalue weighted by atomic mass is 10.1. The van der Waals surface area contributed by atoms with Gasteiger partial charge in [0.05, 0.1) is 11.9 Å². The summed E-state index contributed by atoms with van der Waals surface area (Å²) in [4.78, 5) is 30.0. The second kappa shape index (κ2) is 10.4. The van der Waals surface area contributed by atoms with Crippen molar-refractivity contribution in [2.24, 2.45) is 0 Å². The molecule has 2 amide bonds. The van der Waals surface area contributed by atoms with Crippen LogP contribution in [0.3, 0.4) is 0 Å². The van der Waals surface area contributed by atoms with Crippen LogP contribution in [0.1, 0.15) is 44.2 Å². The zero-order chi connectivity index (χ0) is 20.5. The molecular weight excluding hydrogens is 354 g/mol. The van der Waals surface area contributed by atoms with Gasteiger partial charge >= 0.3 is 0 Å². The summed E-state index contributed by atoms with van der Waals surface area (Å²) in [6, 6.07) is 9.34. The zero-order valence-electron chi connectivity index (χ0n) is 17.1. The average molecular weight is 383 g/mol. The molecule has 6 heteroatoms.